The molecule has 0 aliphatic heterocycles. The van der Waals surface area contributed by atoms with Crippen molar-refractivity contribution in [3.8, 4) is 11.4 Å². The Kier molecular flexibility index (Phi) is 3.74. The summed E-state index contributed by atoms with van der Waals surface area (Å²) in [5.41, 5.74) is 2.16. The lowest BCUT2D eigenvalue weighted by molar-refractivity contribution is 0.432. The molecule has 0 unspecified atom stereocenters. The first kappa shape index (κ1) is 14.1. The zero-order valence-corrected chi connectivity index (χ0v) is 11.7. The number of phenolic OH excluding ortho intramolecular Hbond substituents is 1. The molecule has 0 aliphatic carbocycles. The summed E-state index contributed by atoms with van der Waals surface area (Å²) in [6.45, 7) is 0. The molecule has 1 aromatic heterocycles. The van der Waals surface area contributed by atoms with Crippen molar-refractivity contribution in [2.24, 2.45) is 0 Å². The van der Waals surface area contributed by atoms with Gasteiger partial charge in [-0.3, -0.25) is 9.36 Å². The van der Waals surface area contributed by atoms with E-state index in [0.717, 1.165) is 17.2 Å². The molecule has 0 saturated heterocycles. The van der Waals surface area contributed by atoms with Crippen molar-refractivity contribution in [2.45, 2.75) is 6.42 Å². The maximum Gasteiger partial charge on any atom is 0.255 e. The van der Waals surface area contributed by atoms with Gasteiger partial charge in [-0.15, -0.1) is 0 Å². The molecule has 0 radical (unpaired) electrons. The average Bonchev–Trinajstić information content (AvgIpc) is 2.51. The Balaban J connectivity index is 1.92. The Morgan fingerprint density at radius 2 is 1.73 bits per heavy atom. The smallest absolute Gasteiger partial charge is 0.255 e. The SMILES string of the molecule is O=c1cc(Cc2ccccc2)ccn1-c1ccc(O)c(F)c1. The monoisotopic (exact) mass is 295 g/mol. The highest BCUT2D eigenvalue weighted by atomic mass is 19.1. The van der Waals surface area contributed by atoms with Gasteiger partial charge in [-0.25, -0.2) is 4.39 Å². The van der Waals surface area contributed by atoms with Crippen LogP contribution < -0.4 is 5.56 Å². The molecular formula is C18H14FNO2. The zero-order valence-electron chi connectivity index (χ0n) is 11.7. The fourth-order valence-electron chi connectivity index (χ4n) is 2.32. The predicted octanol–water partition coefficient (Wildman–Crippen LogP) is 3.27. The van der Waals surface area contributed by atoms with Crippen LogP contribution in [0.1, 0.15) is 11.1 Å². The van der Waals surface area contributed by atoms with E-state index in [1.807, 2.05) is 36.4 Å². The minimum Gasteiger partial charge on any atom is -0.505 e. The summed E-state index contributed by atoms with van der Waals surface area (Å²) in [6, 6.07) is 17.1. The maximum atomic E-state index is 13.4. The molecule has 22 heavy (non-hydrogen) atoms. The highest BCUT2D eigenvalue weighted by Crippen LogP contribution is 2.18. The standard InChI is InChI=1S/C18H14FNO2/c19-16-12-15(6-7-17(16)21)20-9-8-14(11-18(20)22)10-13-4-2-1-3-5-13/h1-9,11-12,21H,10H2. The molecule has 3 nitrogen and oxygen atoms in total. The van der Waals surface area contributed by atoms with Gasteiger partial charge in [-0.2, -0.15) is 0 Å². The molecule has 0 amide bonds. The van der Waals surface area contributed by atoms with E-state index >= 15 is 0 Å². The average molecular weight is 295 g/mol. The van der Waals surface area contributed by atoms with Crippen LogP contribution in [-0.2, 0) is 6.42 Å². The normalized spacial score (nSPS) is 10.6. The van der Waals surface area contributed by atoms with Crippen molar-refractivity contribution in [1.82, 2.24) is 4.57 Å². The van der Waals surface area contributed by atoms with E-state index < -0.39 is 11.6 Å². The van der Waals surface area contributed by atoms with Gasteiger partial charge < -0.3 is 5.11 Å². The van der Waals surface area contributed by atoms with Gasteiger partial charge in [0.1, 0.15) is 0 Å². The molecule has 1 heterocycles. The third kappa shape index (κ3) is 2.91. The lowest BCUT2D eigenvalue weighted by Gasteiger charge is -2.08. The van der Waals surface area contributed by atoms with Crippen LogP contribution in [0.4, 0.5) is 4.39 Å². The lowest BCUT2D eigenvalue weighted by atomic mass is 10.1. The molecule has 0 spiro atoms. The third-order valence-corrected chi connectivity index (χ3v) is 3.44. The molecule has 3 aromatic rings. The van der Waals surface area contributed by atoms with Crippen LogP contribution in [0.2, 0.25) is 0 Å². The number of aromatic hydroxyl groups is 1. The molecular weight excluding hydrogens is 281 g/mol. The number of hydrogen-bond acceptors (Lipinski definition) is 2. The molecule has 0 aliphatic rings. The topological polar surface area (TPSA) is 42.2 Å². The second-order valence-corrected chi connectivity index (χ2v) is 5.04. The van der Waals surface area contributed by atoms with Gasteiger partial charge in [-0.05, 0) is 35.7 Å². The van der Waals surface area contributed by atoms with Gasteiger partial charge in [0.15, 0.2) is 11.6 Å². The highest BCUT2D eigenvalue weighted by Gasteiger charge is 2.06. The minimum atomic E-state index is -0.752. The van der Waals surface area contributed by atoms with Crippen molar-refractivity contribution in [1.29, 1.82) is 0 Å². The first-order chi connectivity index (χ1) is 10.6. The molecule has 110 valence electrons. The zero-order chi connectivity index (χ0) is 15.5. The summed E-state index contributed by atoms with van der Waals surface area (Å²) in [6.07, 6.45) is 2.29. The van der Waals surface area contributed by atoms with E-state index in [1.54, 1.807) is 6.20 Å². The summed E-state index contributed by atoms with van der Waals surface area (Å²) in [5.74, 6) is -1.18. The predicted molar refractivity (Wildman–Crippen MR) is 82.9 cm³/mol. The van der Waals surface area contributed by atoms with Crippen LogP contribution in [0.25, 0.3) is 5.69 Å². The number of pyridine rings is 1. The van der Waals surface area contributed by atoms with Gasteiger partial charge in [0, 0.05) is 18.3 Å². The lowest BCUT2D eigenvalue weighted by Crippen LogP contribution is -2.17. The Morgan fingerprint density at radius 3 is 2.41 bits per heavy atom. The fraction of sp³-hybridized carbons (Fsp3) is 0.0556. The van der Waals surface area contributed by atoms with Gasteiger partial charge in [0.25, 0.3) is 5.56 Å². The quantitative estimate of drug-likeness (QED) is 0.806. The van der Waals surface area contributed by atoms with E-state index in [0.29, 0.717) is 12.1 Å². The molecule has 0 atom stereocenters. The summed E-state index contributed by atoms with van der Waals surface area (Å²) < 4.78 is 14.7. The van der Waals surface area contributed by atoms with Gasteiger partial charge in [-0.1, -0.05) is 30.3 Å². The van der Waals surface area contributed by atoms with Gasteiger partial charge >= 0.3 is 0 Å². The van der Waals surface area contributed by atoms with Crippen LogP contribution in [0.5, 0.6) is 5.75 Å². The fourth-order valence-corrected chi connectivity index (χ4v) is 2.32. The summed E-state index contributed by atoms with van der Waals surface area (Å²) in [4.78, 5) is 12.2. The molecule has 3 rings (SSSR count). The number of phenols is 1. The van der Waals surface area contributed by atoms with Crippen LogP contribution in [-0.4, -0.2) is 9.67 Å². The number of benzene rings is 2. The van der Waals surface area contributed by atoms with Crippen molar-refractivity contribution in [3.05, 3.63) is 94.2 Å². The Labute approximate surface area is 126 Å². The minimum absolute atomic E-state index is 0.237. The van der Waals surface area contributed by atoms with Gasteiger partial charge in [0.2, 0.25) is 0 Å². The largest absolute Gasteiger partial charge is 0.505 e. The van der Waals surface area contributed by atoms with Gasteiger partial charge in [0.05, 0.1) is 5.69 Å². The number of halogens is 1. The molecule has 4 heteroatoms. The molecule has 0 fully saturated rings. The maximum absolute atomic E-state index is 13.4. The first-order valence-electron chi connectivity index (χ1n) is 6.88. The van der Waals surface area contributed by atoms with Crippen LogP contribution in [0.15, 0.2) is 71.7 Å². The van der Waals surface area contributed by atoms with Crippen LogP contribution >= 0.6 is 0 Å². The molecule has 2 aromatic carbocycles. The second kappa shape index (κ2) is 5.85. The second-order valence-electron chi connectivity index (χ2n) is 5.04. The summed E-state index contributed by atoms with van der Waals surface area (Å²) in [5, 5.41) is 9.21. The third-order valence-electron chi connectivity index (χ3n) is 3.44. The molecule has 0 saturated carbocycles. The Bertz CT molecular complexity index is 856. The summed E-state index contributed by atoms with van der Waals surface area (Å²) >= 11 is 0. The Morgan fingerprint density at radius 1 is 0.955 bits per heavy atom. The molecule has 0 bridgehead atoms. The van der Waals surface area contributed by atoms with Crippen molar-refractivity contribution >= 4 is 0 Å². The Hall–Kier alpha value is -2.88. The number of aromatic nitrogens is 1. The summed E-state index contributed by atoms with van der Waals surface area (Å²) in [7, 11) is 0. The van der Waals surface area contributed by atoms with Crippen molar-refractivity contribution in [2.75, 3.05) is 0 Å². The van der Waals surface area contributed by atoms with E-state index in [2.05, 4.69) is 0 Å². The number of nitrogens with zero attached hydrogens (tertiary/aromatic N) is 1. The van der Waals surface area contributed by atoms with E-state index in [4.69, 9.17) is 0 Å². The van der Waals surface area contributed by atoms with Crippen molar-refractivity contribution in [3.63, 3.8) is 0 Å². The number of hydrogen-bond donors (Lipinski definition) is 1. The van der Waals surface area contributed by atoms with Crippen LogP contribution in [0, 0.1) is 5.82 Å². The van der Waals surface area contributed by atoms with Crippen molar-refractivity contribution < 1.29 is 9.50 Å². The van der Waals surface area contributed by atoms with E-state index in [1.165, 1.54) is 22.8 Å². The highest BCUT2D eigenvalue weighted by molar-refractivity contribution is 5.39. The van der Waals surface area contributed by atoms with Crippen LogP contribution in [0.3, 0.4) is 0 Å². The van der Waals surface area contributed by atoms with E-state index in [-0.39, 0.29) is 5.56 Å². The van der Waals surface area contributed by atoms with E-state index in [9.17, 15) is 14.3 Å². The first-order valence-corrected chi connectivity index (χ1v) is 6.88. The molecule has 1 N–H and O–H groups in total. The number of rotatable bonds is 3.